The van der Waals surface area contributed by atoms with E-state index in [9.17, 15) is 0 Å². The van der Waals surface area contributed by atoms with Crippen LogP contribution in [0.2, 0.25) is 0 Å². The molecule has 0 bridgehead atoms. The van der Waals surface area contributed by atoms with Gasteiger partial charge in [0.2, 0.25) is 6.79 Å². The minimum Gasteiger partial charge on any atom is -0.495 e. The standard InChI is InChI=1S/C12H14BrNO3/c1-15-11-8(7-2-3-14-5-7)4-9-12(10(11)13)17-6-16-9/h4,7,14H,2-3,5-6H2,1H3. The Bertz CT molecular complexity index is 444. The van der Waals surface area contributed by atoms with Crippen LogP contribution in [-0.4, -0.2) is 27.0 Å². The molecule has 1 fully saturated rings. The molecule has 3 rings (SSSR count). The van der Waals surface area contributed by atoms with Crippen LogP contribution in [0.3, 0.4) is 0 Å². The fourth-order valence-corrected chi connectivity index (χ4v) is 3.14. The van der Waals surface area contributed by atoms with E-state index < -0.39 is 0 Å². The quantitative estimate of drug-likeness (QED) is 0.909. The van der Waals surface area contributed by atoms with Crippen LogP contribution in [-0.2, 0) is 0 Å². The fraction of sp³-hybridized carbons (Fsp3) is 0.500. The lowest BCUT2D eigenvalue weighted by molar-refractivity contribution is 0.173. The van der Waals surface area contributed by atoms with Gasteiger partial charge in [-0.3, -0.25) is 0 Å². The molecular formula is C12H14BrNO3. The molecular weight excluding hydrogens is 286 g/mol. The van der Waals surface area contributed by atoms with Crippen LogP contribution in [0.25, 0.3) is 0 Å². The van der Waals surface area contributed by atoms with E-state index in [1.54, 1.807) is 7.11 Å². The van der Waals surface area contributed by atoms with Crippen molar-refractivity contribution >= 4 is 15.9 Å². The molecule has 0 aromatic heterocycles. The second kappa shape index (κ2) is 4.38. The highest BCUT2D eigenvalue weighted by molar-refractivity contribution is 9.10. The first kappa shape index (κ1) is 11.2. The summed E-state index contributed by atoms with van der Waals surface area (Å²) in [7, 11) is 1.69. The van der Waals surface area contributed by atoms with E-state index in [4.69, 9.17) is 14.2 Å². The summed E-state index contributed by atoms with van der Waals surface area (Å²) in [4.78, 5) is 0. The maximum Gasteiger partial charge on any atom is 0.231 e. The third-order valence-electron chi connectivity index (χ3n) is 3.29. The molecule has 0 spiro atoms. The highest BCUT2D eigenvalue weighted by Gasteiger charge is 2.28. The van der Waals surface area contributed by atoms with Gasteiger partial charge in [0.25, 0.3) is 0 Å². The van der Waals surface area contributed by atoms with Crippen molar-refractivity contribution in [1.82, 2.24) is 5.32 Å². The van der Waals surface area contributed by atoms with Crippen LogP contribution in [0.5, 0.6) is 17.2 Å². The first-order chi connectivity index (χ1) is 8.31. The molecule has 1 aromatic rings. The minimum atomic E-state index is 0.281. The van der Waals surface area contributed by atoms with Crippen LogP contribution >= 0.6 is 15.9 Å². The molecule has 1 aromatic carbocycles. The van der Waals surface area contributed by atoms with Crippen LogP contribution in [0, 0.1) is 0 Å². The van der Waals surface area contributed by atoms with Crippen LogP contribution < -0.4 is 19.5 Å². The Morgan fingerprint density at radius 3 is 3.06 bits per heavy atom. The summed E-state index contributed by atoms with van der Waals surface area (Å²) in [6.07, 6.45) is 1.13. The number of methoxy groups -OCH3 is 1. The van der Waals surface area contributed by atoms with Gasteiger partial charge in [-0.2, -0.15) is 0 Å². The van der Waals surface area contributed by atoms with Crippen molar-refractivity contribution in [2.45, 2.75) is 12.3 Å². The van der Waals surface area contributed by atoms with Gasteiger partial charge in [0.1, 0.15) is 10.2 Å². The van der Waals surface area contributed by atoms with Crippen molar-refractivity contribution in [3.05, 3.63) is 16.1 Å². The highest BCUT2D eigenvalue weighted by Crippen LogP contribution is 2.49. The van der Waals surface area contributed by atoms with Gasteiger partial charge in [-0.15, -0.1) is 0 Å². The summed E-state index contributed by atoms with van der Waals surface area (Å²) in [6, 6.07) is 2.05. The van der Waals surface area contributed by atoms with Crippen molar-refractivity contribution in [2.75, 3.05) is 27.0 Å². The first-order valence-electron chi connectivity index (χ1n) is 5.68. The van der Waals surface area contributed by atoms with E-state index in [0.717, 1.165) is 41.2 Å². The van der Waals surface area contributed by atoms with Gasteiger partial charge in [0.15, 0.2) is 11.5 Å². The second-order valence-corrected chi connectivity index (χ2v) is 5.03. The van der Waals surface area contributed by atoms with Gasteiger partial charge in [-0.1, -0.05) is 0 Å². The SMILES string of the molecule is COc1c(C2CCNC2)cc2c(c1Br)OCO2. The summed E-state index contributed by atoms with van der Waals surface area (Å²) >= 11 is 3.54. The van der Waals surface area contributed by atoms with Crippen LogP contribution in [0.4, 0.5) is 0 Å². The van der Waals surface area contributed by atoms with Crippen molar-refractivity contribution in [1.29, 1.82) is 0 Å². The number of halogens is 1. The van der Waals surface area contributed by atoms with Crippen LogP contribution in [0.15, 0.2) is 10.5 Å². The van der Waals surface area contributed by atoms with Crippen molar-refractivity contribution in [3.8, 4) is 17.2 Å². The fourth-order valence-electron chi connectivity index (χ4n) is 2.43. The molecule has 92 valence electrons. The molecule has 1 atom stereocenters. The number of fused-ring (bicyclic) bond motifs is 1. The average Bonchev–Trinajstić information content (AvgIpc) is 2.99. The zero-order chi connectivity index (χ0) is 11.8. The smallest absolute Gasteiger partial charge is 0.231 e. The van der Waals surface area contributed by atoms with Crippen LogP contribution in [0.1, 0.15) is 17.9 Å². The maximum absolute atomic E-state index is 5.50. The molecule has 2 aliphatic heterocycles. The molecule has 1 N–H and O–H groups in total. The first-order valence-corrected chi connectivity index (χ1v) is 6.47. The van der Waals surface area contributed by atoms with Gasteiger partial charge < -0.3 is 19.5 Å². The number of benzene rings is 1. The largest absolute Gasteiger partial charge is 0.495 e. The zero-order valence-electron chi connectivity index (χ0n) is 9.59. The minimum absolute atomic E-state index is 0.281. The van der Waals surface area contributed by atoms with E-state index in [1.807, 2.05) is 6.07 Å². The Hall–Kier alpha value is -0.940. The molecule has 0 aliphatic carbocycles. The number of hydrogen-bond acceptors (Lipinski definition) is 4. The van der Waals surface area contributed by atoms with E-state index in [-0.39, 0.29) is 6.79 Å². The molecule has 0 saturated carbocycles. The Kier molecular flexibility index (Phi) is 2.88. The van der Waals surface area contributed by atoms with Gasteiger partial charge in [-0.05, 0) is 35.0 Å². The van der Waals surface area contributed by atoms with Gasteiger partial charge in [-0.25, -0.2) is 0 Å². The Labute approximate surface area is 108 Å². The summed E-state index contributed by atoms with van der Waals surface area (Å²) in [5.41, 5.74) is 1.19. The Balaban J connectivity index is 2.10. The molecule has 0 amide bonds. The van der Waals surface area contributed by atoms with Gasteiger partial charge >= 0.3 is 0 Å². The van der Waals surface area contributed by atoms with Gasteiger partial charge in [0.05, 0.1) is 7.11 Å². The number of nitrogens with one attached hydrogen (secondary N) is 1. The number of rotatable bonds is 2. The summed E-state index contributed by atoms with van der Waals surface area (Å²) in [5, 5.41) is 3.37. The third kappa shape index (κ3) is 1.77. The molecule has 1 saturated heterocycles. The summed E-state index contributed by atoms with van der Waals surface area (Å²) < 4.78 is 17.2. The van der Waals surface area contributed by atoms with E-state index in [0.29, 0.717) is 5.92 Å². The predicted molar refractivity (Wildman–Crippen MR) is 67.0 cm³/mol. The van der Waals surface area contributed by atoms with Gasteiger partial charge in [0, 0.05) is 18.0 Å². The van der Waals surface area contributed by atoms with E-state index in [1.165, 1.54) is 5.56 Å². The Morgan fingerprint density at radius 1 is 1.47 bits per heavy atom. The third-order valence-corrected chi connectivity index (χ3v) is 4.01. The molecule has 17 heavy (non-hydrogen) atoms. The normalized spacial score (nSPS) is 21.9. The highest BCUT2D eigenvalue weighted by atomic mass is 79.9. The lowest BCUT2D eigenvalue weighted by Crippen LogP contribution is -2.09. The molecule has 1 unspecified atom stereocenters. The van der Waals surface area contributed by atoms with Crippen molar-refractivity contribution in [3.63, 3.8) is 0 Å². The van der Waals surface area contributed by atoms with E-state index >= 15 is 0 Å². The lowest BCUT2D eigenvalue weighted by Gasteiger charge is -2.16. The number of hydrogen-bond donors (Lipinski definition) is 1. The Morgan fingerprint density at radius 2 is 2.35 bits per heavy atom. The average molecular weight is 300 g/mol. The topological polar surface area (TPSA) is 39.7 Å². The molecule has 4 nitrogen and oxygen atoms in total. The van der Waals surface area contributed by atoms with E-state index in [2.05, 4.69) is 21.2 Å². The monoisotopic (exact) mass is 299 g/mol. The van der Waals surface area contributed by atoms with Crippen molar-refractivity contribution in [2.24, 2.45) is 0 Å². The second-order valence-electron chi connectivity index (χ2n) is 4.24. The molecule has 2 aliphatic rings. The zero-order valence-corrected chi connectivity index (χ0v) is 11.2. The summed E-state index contributed by atoms with van der Waals surface area (Å²) in [5.74, 6) is 2.90. The summed E-state index contributed by atoms with van der Waals surface area (Å²) in [6.45, 7) is 2.33. The maximum atomic E-state index is 5.50. The predicted octanol–water partition coefficient (Wildman–Crippen LogP) is 2.26. The number of ether oxygens (including phenoxy) is 3. The van der Waals surface area contributed by atoms with Crippen molar-refractivity contribution < 1.29 is 14.2 Å². The molecule has 2 heterocycles. The lowest BCUT2D eigenvalue weighted by atomic mass is 9.97. The molecule has 5 heteroatoms. The molecule has 0 radical (unpaired) electrons.